The lowest BCUT2D eigenvalue weighted by Crippen LogP contribution is -2.25. The molecular formula is C30H39NOS. The van der Waals surface area contributed by atoms with Gasteiger partial charge in [-0.2, -0.15) is 0 Å². The largest absolute Gasteiger partial charge is 0.384 e. The van der Waals surface area contributed by atoms with E-state index in [9.17, 15) is 5.11 Å². The van der Waals surface area contributed by atoms with Crippen LogP contribution in [0.3, 0.4) is 0 Å². The number of hydrogen-bond acceptors (Lipinski definition) is 3. The summed E-state index contributed by atoms with van der Waals surface area (Å²) in [7, 11) is 0. The first-order valence-corrected chi connectivity index (χ1v) is 13.0. The molecule has 1 aromatic rings. The molecule has 3 heteroatoms. The van der Waals surface area contributed by atoms with Crippen LogP contribution < -0.4 is 0 Å². The number of aliphatic imine (C=N–C) groups is 1. The standard InChI is InChI=1S/C30H39NOS/c1-20(2)12-9-13-21(3)14-10-15-22(4)16-11-17-25-29(32)24(6)23(5)28-30(25)33-27-19-8-7-18-26(27)31-28/h7-8,12,14,16,18-19,29,32H,9-11,13,15,17H2,1-6H3. The molecule has 1 aromatic carbocycles. The molecule has 1 aliphatic carbocycles. The summed E-state index contributed by atoms with van der Waals surface area (Å²) < 4.78 is 0. The zero-order valence-corrected chi connectivity index (χ0v) is 22.0. The third-order valence-corrected chi connectivity index (χ3v) is 7.76. The van der Waals surface area contributed by atoms with Crippen LogP contribution >= 0.6 is 11.8 Å². The number of rotatable bonds is 9. The average Bonchev–Trinajstić information content (AvgIpc) is 2.78. The predicted octanol–water partition coefficient (Wildman–Crippen LogP) is 9.03. The molecule has 0 saturated carbocycles. The highest BCUT2D eigenvalue weighted by Gasteiger charge is 2.31. The maximum atomic E-state index is 11.1. The van der Waals surface area contributed by atoms with E-state index in [2.05, 4.69) is 71.0 Å². The van der Waals surface area contributed by atoms with Crippen molar-refractivity contribution < 1.29 is 5.11 Å². The Balaban J connectivity index is 1.63. The fourth-order valence-corrected chi connectivity index (χ4v) is 5.50. The van der Waals surface area contributed by atoms with E-state index in [1.165, 1.54) is 21.6 Å². The molecule has 0 spiro atoms. The van der Waals surface area contributed by atoms with Gasteiger partial charge in [-0.25, -0.2) is 4.99 Å². The van der Waals surface area contributed by atoms with Gasteiger partial charge in [-0.1, -0.05) is 58.8 Å². The summed E-state index contributed by atoms with van der Waals surface area (Å²) in [6.45, 7) is 12.9. The van der Waals surface area contributed by atoms with Gasteiger partial charge in [0.1, 0.15) is 0 Å². The highest BCUT2D eigenvalue weighted by molar-refractivity contribution is 8.04. The van der Waals surface area contributed by atoms with Crippen LogP contribution in [0.15, 0.2) is 90.7 Å². The number of thioether (sulfide) groups is 1. The molecule has 1 heterocycles. The quantitative estimate of drug-likeness (QED) is 0.372. The van der Waals surface area contributed by atoms with Crippen molar-refractivity contribution in [2.75, 3.05) is 0 Å². The Kier molecular flexibility index (Phi) is 9.17. The Labute approximate surface area is 205 Å². The van der Waals surface area contributed by atoms with Gasteiger partial charge in [-0.3, -0.25) is 0 Å². The van der Waals surface area contributed by atoms with E-state index < -0.39 is 6.10 Å². The number of benzene rings is 1. The summed E-state index contributed by atoms with van der Waals surface area (Å²) in [6.07, 6.45) is 12.9. The molecule has 33 heavy (non-hydrogen) atoms. The molecular weight excluding hydrogens is 422 g/mol. The van der Waals surface area contributed by atoms with Gasteiger partial charge < -0.3 is 5.11 Å². The van der Waals surface area contributed by atoms with Crippen molar-refractivity contribution in [2.45, 2.75) is 91.1 Å². The smallest absolute Gasteiger partial charge is 0.0979 e. The summed E-state index contributed by atoms with van der Waals surface area (Å²) in [4.78, 5) is 7.29. The minimum atomic E-state index is -0.503. The van der Waals surface area contributed by atoms with Gasteiger partial charge in [-0.05, 0) is 109 Å². The molecule has 1 aliphatic heterocycles. The van der Waals surface area contributed by atoms with Gasteiger partial charge in [0, 0.05) is 9.80 Å². The Bertz CT molecular complexity index is 1060. The minimum Gasteiger partial charge on any atom is -0.384 e. The summed E-state index contributed by atoms with van der Waals surface area (Å²) >= 11 is 1.76. The molecule has 0 fully saturated rings. The van der Waals surface area contributed by atoms with E-state index in [1.807, 2.05) is 13.0 Å². The fraction of sp³-hybridized carbons (Fsp3) is 0.433. The number of hydrogen-bond donors (Lipinski definition) is 1. The highest BCUT2D eigenvalue weighted by Crippen LogP contribution is 2.47. The number of para-hydroxylation sites is 1. The first kappa shape index (κ1) is 25.5. The molecule has 0 bridgehead atoms. The van der Waals surface area contributed by atoms with Gasteiger partial charge in [0.2, 0.25) is 0 Å². The number of allylic oxidation sites excluding steroid dienone is 8. The molecule has 3 rings (SSSR count). The van der Waals surface area contributed by atoms with E-state index >= 15 is 0 Å². The van der Waals surface area contributed by atoms with Crippen molar-refractivity contribution >= 4 is 23.2 Å². The van der Waals surface area contributed by atoms with Gasteiger partial charge in [-0.15, -0.1) is 0 Å². The predicted molar refractivity (Wildman–Crippen MR) is 145 cm³/mol. The summed E-state index contributed by atoms with van der Waals surface area (Å²) in [5, 5.41) is 11.1. The van der Waals surface area contributed by atoms with Crippen molar-refractivity contribution in [3.63, 3.8) is 0 Å². The van der Waals surface area contributed by atoms with Crippen LogP contribution in [-0.2, 0) is 0 Å². The minimum absolute atomic E-state index is 0.503. The molecule has 0 aromatic heterocycles. The zero-order chi connectivity index (χ0) is 24.0. The van der Waals surface area contributed by atoms with Crippen LogP contribution in [0.2, 0.25) is 0 Å². The van der Waals surface area contributed by atoms with E-state index in [1.54, 1.807) is 11.8 Å². The third kappa shape index (κ3) is 6.71. The van der Waals surface area contributed by atoms with Crippen LogP contribution in [0.4, 0.5) is 5.69 Å². The molecule has 0 amide bonds. The van der Waals surface area contributed by atoms with Gasteiger partial charge in [0.25, 0.3) is 0 Å². The van der Waals surface area contributed by atoms with Crippen molar-refractivity contribution in [3.8, 4) is 0 Å². The highest BCUT2D eigenvalue weighted by atomic mass is 32.2. The topological polar surface area (TPSA) is 32.6 Å². The first-order valence-electron chi connectivity index (χ1n) is 12.2. The Morgan fingerprint density at radius 3 is 2.27 bits per heavy atom. The lowest BCUT2D eigenvalue weighted by molar-refractivity contribution is 0.240. The van der Waals surface area contributed by atoms with Gasteiger partial charge in [0.05, 0.1) is 17.5 Å². The molecule has 1 atom stereocenters. The number of aliphatic hydroxyl groups is 1. The van der Waals surface area contributed by atoms with Gasteiger partial charge in [0.15, 0.2) is 0 Å². The number of nitrogens with zero attached hydrogens (tertiary/aromatic N) is 1. The molecule has 2 aliphatic rings. The molecule has 2 nitrogen and oxygen atoms in total. The van der Waals surface area contributed by atoms with E-state index in [4.69, 9.17) is 4.99 Å². The summed E-state index contributed by atoms with van der Waals surface area (Å²) in [5.74, 6) is 0. The van der Waals surface area contributed by atoms with Crippen LogP contribution in [-0.4, -0.2) is 16.9 Å². The lowest BCUT2D eigenvalue weighted by Gasteiger charge is -2.31. The van der Waals surface area contributed by atoms with Gasteiger partial charge >= 0.3 is 0 Å². The monoisotopic (exact) mass is 461 g/mol. The fourth-order valence-electron chi connectivity index (χ4n) is 4.28. The van der Waals surface area contributed by atoms with E-state index in [-0.39, 0.29) is 0 Å². The van der Waals surface area contributed by atoms with Crippen molar-refractivity contribution in [2.24, 2.45) is 4.99 Å². The summed E-state index contributed by atoms with van der Waals surface area (Å²) in [5.41, 5.74) is 9.65. The third-order valence-electron chi connectivity index (χ3n) is 6.53. The van der Waals surface area contributed by atoms with Crippen LogP contribution in [0, 0.1) is 0 Å². The second-order valence-electron chi connectivity index (χ2n) is 9.59. The summed E-state index contributed by atoms with van der Waals surface area (Å²) in [6, 6.07) is 8.29. The Morgan fingerprint density at radius 1 is 0.939 bits per heavy atom. The van der Waals surface area contributed by atoms with Crippen LogP contribution in [0.25, 0.3) is 0 Å². The number of fused-ring (bicyclic) bond motifs is 2. The lowest BCUT2D eigenvalue weighted by atomic mass is 9.86. The Hall–Kier alpha value is -2.10. The average molecular weight is 462 g/mol. The second kappa shape index (κ2) is 11.9. The van der Waals surface area contributed by atoms with Crippen molar-refractivity contribution in [1.82, 2.24) is 0 Å². The Morgan fingerprint density at radius 2 is 1.58 bits per heavy atom. The normalized spacial score (nSPS) is 18.8. The van der Waals surface area contributed by atoms with Crippen molar-refractivity contribution in [1.29, 1.82) is 0 Å². The molecule has 0 radical (unpaired) electrons. The first-order chi connectivity index (χ1) is 15.8. The van der Waals surface area contributed by atoms with E-state index in [0.717, 1.165) is 71.5 Å². The maximum Gasteiger partial charge on any atom is 0.0979 e. The van der Waals surface area contributed by atoms with Crippen LogP contribution in [0.1, 0.15) is 80.1 Å². The molecule has 1 N–H and O–H groups in total. The SMILES string of the molecule is CC(C)=CCCC(C)=CCCC(C)=CCCC1=C2Sc3ccccc3N=C2C(C)=C(C)C1O. The zero-order valence-electron chi connectivity index (χ0n) is 21.2. The van der Waals surface area contributed by atoms with Crippen molar-refractivity contribution in [3.05, 3.63) is 80.8 Å². The van der Waals surface area contributed by atoms with E-state index in [0.29, 0.717) is 0 Å². The van der Waals surface area contributed by atoms with Crippen LogP contribution in [0.5, 0.6) is 0 Å². The molecule has 1 unspecified atom stereocenters. The number of aliphatic hydroxyl groups excluding tert-OH is 1. The second-order valence-corrected chi connectivity index (χ2v) is 10.6. The molecule has 0 saturated heterocycles. The molecule has 176 valence electrons. The maximum absolute atomic E-state index is 11.1.